The first kappa shape index (κ1) is 17.1. The first-order chi connectivity index (χ1) is 12.3. The molecule has 2 aromatic carbocycles. The van der Waals surface area contributed by atoms with Crippen molar-refractivity contribution >= 4 is 29.1 Å². The third-order valence-corrected chi connectivity index (χ3v) is 3.67. The normalized spacial score (nSPS) is 12.9. The van der Waals surface area contributed by atoms with E-state index in [0.29, 0.717) is 11.0 Å². The van der Waals surface area contributed by atoms with Gasteiger partial charge in [-0.05, 0) is 18.2 Å². The molecule has 1 aliphatic rings. The Labute approximate surface area is 144 Å². The average Bonchev–Trinajstić information content (AvgIpc) is 2.82. The van der Waals surface area contributed by atoms with Crippen LogP contribution in [0.4, 0.5) is 20.2 Å². The van der Waals surface area contributed by atoms with Crippen LogP contribution in [0.1, 0.15) is 20.7 Å². The monoisotopic (exact) mass is 361 g/mol. The largest absolute Gasteiger partial charge is 0.322 e. The van der Waals surface area contributed by atoms with E-state index in [9.17, 15) is 33.3 Å². The molecule has 0 aliphatic carbocycles. The summed E-state index contributed by atoms with van der Waals surface area (Å²) in [4.78, 5) is 47.1. The number of carbonyl (C=O) groups is 3. The van der Waals surface area contributed by atoms with Crippen LogP contribution >= 0.6 is 0 Å². The molecular formula is C16H9F2N3O5. The van der Waals surface area contributed by atoms with E-state index in [1.807, 2.05) is 0 Å². The van der Waals surface area contributed by atoms with E-state index in [0.717, 1.165) is 30.3 Å². The van der Waals surface area contributed by atoms with Crippen LogP contribution in [0.2, 0.25) is 0 Å². The number of carbonyl (C=O) groups excluding carboxylic acids is 3. The number of nitrogens with zero attached hydrogens (tertiary/aromatic N) is 2. The quantitative estimate of drug-likeness (QED) is 0.509. The minimum absolute atomic E-state index is 0.0682. The molecule has 3 amide bonds. The minimum Gasteiger partial charge on any atom is -0.322 e. The number of nitrogens with one attached hydrogen (secondary N) is 1. The van der Waals surface area contributed by atoms with Gasteiger partial charge >= 0.3 is 0 Å². The molecule has 0 aromatic heterocycles. The van der Waals surface area contributed by atoms with Crippen LogP contribution in [-0.2, 0) is 4.79 Å². The van der Waals surface area contributed by atoms with Crippen LogP contribution in [0, 0.1) is 21.7 Å². The zero-order chi connectivity index (χ0) is 19.0. The number of imide groups is 1. The number of fused-ring (bicyclic) bond motifs is 1. The van der Waals surface area contributed by atoms with E-state index in [2.05, 4.69) is 5.32 Å². The Morgan fingerprint density at radius 2 is 1.77 bits per heavy atom. The van der Waals surface area contributed by atoms with Crippen molar-refractivity contribution in [1.29, 1.82) is 0 Å². The van der Waals surface area contributed by atoms with Crippen molar-refractivity contribution < 1.29 is 28.1 Å². The highest BCUT2D eigenvalue weighted by Gasteiger charge is 2.37. The fraction of sp³-hybridized carbons (Fsp3) is 0.0625. The lowest BCUT2D eigenvalue weighted by Crippen LogP contribution is -2.37. The number of non-ortho nitro benzene ring substituents is 1. The van der Waals surface area contributed by atoms with Crippen molar-refractivity contribution in [3.05, 3.63) is 69.3 Å². The summed E-state index contributed by atoms with van der Waals surface area (Å²) >= 11 is 0. The van der Waals surface area contributed by atoms with Gasteiger partial charge < -0.3 is 5.32 Å². The summed E-state index contributed by atoms with van der Waals surface area (Å²) in [5.74, 6) is -4.41. The number of hydrogen-bond donors (Lipinski definition) is 1. The molecule has 1 aliphatic heterocycles. The number of nitro benzene ring substituents is 1. The van der Waals surface area contributed by atoms with Crippen LogP contribution in [0.15, 0.2) is 36.4 Å². The van der Waals surface area contributed by atoms with E-state index in [1.54, 1.807) is 0 Å². The number of hydrogen-bond acceptors (Lipinski definition) is 5. The van der Waals surface area contributed by atoms with Gasteiger partial charge in [0.15, 0.2) is 0 Å². The van der Waals surface area contributed by atoms with Crippen LogP contribution in [0.25, 0.3) is 0 Å². The topological polar surface area (TPSA) is 110 Å². The smallest absolute Gasteiger partial charge is 0.270 e. The van der Waals surface area contributed by atoms with Crippen LogP contribution < -0.4 is 5.32 Å². The molecule has 1 N–H and O–H groups in total. The van der Waals surface area contributed by atoms with Gasteiger partial charge in [0.05, 0.1) is 21.7 Å². The van der Waals surface area contributed by atoms with Gasteiger partial charge in [-0.1, -0.05) is 0 Å². The molecular weight excluding hydrogens is 352 g/mol. The number of amides is 3. The highest BCUT2D eigenvalue weighted by Crippen LogP contribution is 2.26. The van der Waals surface area contributed by atoms with Crippen molar-refractivity contribution in [2.75, 3.05) is 11.9 Å². The summed E-state index contributed by atoms with van der Waals surface area (Å²) in [6, 6.07) is 5.64. The molecule has 2 aromatic rings. The molecule has 0 radical (unpaired) electrons. The SMILES string of the molecule is O=C(CN1C(=O)c2ccc([N+](=O)[O-])cc2C1=O)Nc1ccc(F)cc1F. The molecule has 3 rings (SSSR count). The maximum atomic E-state index is 13.5. The lowest BCUT2D eigenvalue weighted by Gasteiger charge is -2.13. The number of benzene rings is 2. The number of nitro groups is 1. The van der Waals surface area contributed by atoms with Gasteiger partial charge in [-0.15, -0.1) is 0 Å². The average molecular weight is 361 g/mol. The first-order valence-corrected chi connectivity index (χ1v) is 7.17. The summed E-state index contributed by atoms with van der Waals surface area (Å²) in [5, 5.41) is 12.9. The highest BCUT2D eigenvalue weighted by molar-refractivity contribution is 6.23. The van der Waals surface area contributed by atoms with E-state index < -0.39 is 40.8 Å². The van der Waals surface area contributed by atoms with Crippen molar-refractivity contribution in [3.8, 4) is 0 Å². The van der Waals surface area contributed by atoms with Crippen LogP contribution in [-0.4, -0.2) is 34.1 Å². The summed E-state index contributed by atoms with van der Waals surface area (Å²) in [5.41, 5.74) is -0.945. The van der Waals surface area contributed by atoms with Crippen LogP contribution in [0.3, 0.4) is 0 Å². The molecule has 1 heterocycles. The molecule has 8 nitrogen and oxygen atoms in total. The summed E-state index contributed by atoms with van der Waals surface area (Å²) in [6.45, 7) is -0.725. The number of rotatable bonds is 4. The molecule has 0 fully saturated rings. The van der Waals surface area contributed by atoms with Crippen molar-refractivity contribution in [2.45, 2.75) is 0 Å². The molecule has 0 saturated heterocycles. The summed E-state index contributed by atoms with van der Waals surface area (Å²) in [7, 11) is 0. The lowest BCUT2D eigenvalue weighted by atomic mass is 10.1. The van der Waals surface area contributed by atoms with Crippen molar-refractivity contribution in [1.82, 2.24) is 4.90 Å². The molecule has 0 atom stereocenters. The van der Waals surface area contributed by atoms with E-state index >= 15 is 0 Å². The molecule has 132 valence electrons. The standard InChI is InChI=1S/C16H9F2N3O5/c17-8-1-4-13(12(18)5-8)19-14(22)7-20-15(23)10-3-2-9(21(25)26)6-11(10)16(20)24/h1-6H,7H2,(H,19,22). The van der Waals surface area contributed by atoms with E-state index in [1.165, 1.54) is 0 Å². The lowest BCUT2D eigenvalue weighted by molar-refractivity contribution is -0.384. The van der Waals surface area contributed by atoms with Gasteiger partial charge in [-0.2, -0.15) is 0 Å². The van der Waals surface area contributed by atoms with Crippen molar-refractivity contribution in [2.24, 2.45) is 0 Å². The molecule has 26 heavy (non-hydrogen) atoms. The third-order valence-electron chi connectivity index (χ3n) is 3.67. The molecule has 0 saturated carbocycles. The van der Waals surface area contributed by atoms with E-state index in [4.69, 9.17) is 0 Å². The second-order valence-electron chi connectivity index (χ2n) is 5.36. The Morgan fingerprint density at radius 1 is 1.08 bits per heavy atom. The highest BCUT2D eigenvalue weighted by atomic mass is 19.1. The van der Waals surface area contributed by atoms with Gasteiger partial charge in [0.25, 0.3) is 17.5 Å². The Balaban J connectivity index is 1.78. The zero-order valence-electron chi connectivity index (χ0n) is 12.9. The first-order valence-electron chi connectivity index (χ1n) is 7.17. The third kappa shape index (κ3) is 2.99. The zero-order valence-corrected chi connectivity index (χ0v) is 12.9. The van der Waals surface area contributed by atoms with Gasteiger partial charge in [-0.25, -0.2) is 8.78 Å². The maximum absolute atomic E-state index is 13.5. The minimum atomic E-state index is -1.02. The second kappa shape index (κ2) is 6.31. The van der Waals surface area contributed by atoms with Gasteiger partial charge in [0.1, 0.15) is 18.2 Å². The number of anilines is 1. The fourth-order valence-electron chi connectivity index (χ4n) is 2.46. The Bertz CT molecular complexity index is 976. The molecule has 0 unspecified atom stereocenters. The fourth-order valence-corrected chi connectivity index (χ4v) is 2.46. The molecule has 0 bridgehead atoms. The Hall–Kier alpha value is -3.69. The maximum Gasteiger partial charge on any atom is 0.270 e. The Morgan fingerprint density at radius 3 is 2.42 bits per heavy atom. The van der Waals surface area contributed by atoms with Crippen LogP contribution in [0.5, 0.6) is 0 Å². The second-order valence-corrected chi connectivity index (χ2v) is 5.36. The van der Waals surface area contributed by atoms with E-state index in [-0.39, 0.29) is 22.5 Å². The predicted octanol–water partition coefficient (Wildman–Crippen LogP) is 2.11. The number of halogens is 2. The molecule has 10 heteroatoms. The molecule has 0 spiro atoms. The van der Waals surface area contributed by atoms with Gasteiger partial charge in [0.2, 0.25) is 5.91 Å². The Kier molecular flexibility index (Phi) is 4.16. The summed E-state index contributed by atoms with van der Waals surface area (Å²) in [6.07, 6.45) is 0. The predicted molar refractivity (Wildman–Crippen MR) is 83.5 cm³/mol. The van der Waals surface area contributed by atoms with Gasteiger partial charge in [0, 0.05) is 18.2 Å². The van der Waals surface area contributed by atoms with Crippen molar-refractivity contribution in [3.63, 3.8) is 0 Å². The van der Waals surface area contributed by atoms with Gasteiger partial charge in [-0.3, -0.25) is 29.4 Å². The summed E-state index contributed by atoms with van der Waals surface area (Å²) < 4.78 is 26.4.